The Morgan fingerprint density at radius 3 is 2.94 bits per heavy atom. The van der Waals surface area contributed by atoms with Crippen LogP contribution >= 0.6 is 11.9 Å². The van der Waals surface area contributed by atoms with Crippen LogP contribution in [0.5, 0.6) is 0 Å². The van der Waals surface area contributed by atoms with E-state index in [-0.39, 0.29) is 6.61 Å². The number of aliphatic hydroxyl groups excluding tert-OH is 1. The van der Waals surface area contributed by atoms with Gasteiger partial charge >= 0.3 is 0 Å². The molecule has 17 heavy (non-hydrogen) atoms. The van der Waals surface area contributed by atoms with Crippen LogP contribution in [0.15, 0.2) is 35.2 Å². The Bertz CT molecular complexity index is 567. The van der Waals surface area contributed by atoms with Gasteiger partial charge in [0.15, 0.2) is 0 Å². The van der Waals surface area contributed by atoms with Crippen molar-refractivity contribution in [3.8, 4) is 0 Å². The lowest BCUT2D eigenvalue weighted by Crippen LogP contribution is -2.08. The standard InChI is InChI=1S/C14H15NOS/c1-2-15-12-5-3-4-11-8-10(6-7-16)9-13(17-15)14(11)12/h3-5,8-9,16H,2,6-7H2,1H3. The largest absolute Gasteiger partial charge is 0.396 e. The summed E-state index contributed by atoms with van der Waals surface area (Å²) in [7, 11) is 0. The van der Waals surface area contributed by atoms with Crippen LogP contribution in [-0.4, -0.2) is 18.3 Å². The second kappa shape index (κ2) is 4.24. The van der Waals surface area contributed by atoms with E-state index in [0.29, 0.717) is 0 Å². The van der Waals surface area contributed by atoms with E-state index in [1.807, 2.05) is 0 Å². The Kier molecular flexibility index (Phi) is 2.73. The van der Waals surface area contributed by atoms with Gasteiger partial charge in [0, 0.05) is 23.4 Å². The molecule has 88 valence electrons. The van der Waals surface area contributed by atoms with E-state index in [1.165, 1.54) is 26.9 Å². The SMILES string of the molecule is CCN1Sc2cc(CCO)cc3cccc1c23. The molecule has 3 heteroatoms. The fraction of sp³-hybridized carbons (Fsp3) is 0.286. The maximum absolute atomic E-state index is 9.05. The number of benzene rings is 2. The van der Waals surface area contributed by atoms with Gasteiger partial charge in [-0.15, -0.1) is 0 Å². The van der Waals surface area contributed by atoms with Crippen molar-refractivity contribution in [3.05, 3.63) is 35.9 Å². The first-order chi connectivity index (χ1) is 8.33. The highest BCUT2D eigenvalue weighted by molar-refractivity contribution is 8.01. The molecule has 1 aliphatic heterocycles. The number of hydrogen-bond donors (Lipinski definition) is 1. The first-order valence-electron chi connectivity index (χ1n) is 5.95. The molecule has 0 spiro atoms. The van der Waals surface area contributed by atoms with Crippen molar-refractivity contribution in [3.63, 3.8) is 0 Å². The third-order valence-corrected chi connectivity index (χ3v) is 4.34. The fourth-order valence-corrected chi connectivity index (χ4v) is 3.52. The molecule has 2 nitrogen and oxygen atoms in total. The average molecular weight is 245 g/mol. The molecule has 2 aromatic rings. The summed E-state index contributed by atoms with van der Waals surface area (Å²) in [5.41, 5.74) is 2.54. The molecular weight excluding hydrogens is 230 g/mol. The summed E-state index contributed by atoms with van der Waals surface area (Å²) in [6, 6.07) is 10.9. The fourth-order valence-electron chi connectivity index (χ4n) is 2.38. The minimum Gasteiger partial charge on any atom is -0.396 e. The zero-order valence-corrected chi connectivity index (χ0v) is 10.6. The van der Waals surface area contributed by atoms with Crippen molar-refractivity contribution < 1.29 is 5.11 Å². The molecule has 0 saturated carbocycles. The van der Waals surface area contributed by atoms with Crippen molar-refractivity contribution in [1.29, 1.82) is 0 Å². The Hall–Kier alpha value is -1.19. The predicted molar refractivity (Wildman–Crippen MR) is 73.6 cm³/mol. The quantitative estimate of drug-likeness (QED) is 0.840. The van der Waals surface area contributed by atoms with Gasteiger partial charge in [0.05, 0.1) is 5.69 Å². The highest BCUT2D eigenvalue weighted by Gasteiger charge is 2.21. The summed E-state index contributed by atoms with van der Waals surface area (Å²) in [4.78, 5) is 1.32. The van der Waals surface area contributed by atoms with Gasteiger partial charge in [-0.05, 0) is 48.4 Å². The minimum atomic E-state index is 0.215. The van der Waals surface area contributed by atoms with Crippen molar-refractivity contribution in [2.75, 3.05) is 17.5 Å². The van der Waals surface area contributed by atoms with Crippen LogP contribution in [-0.2, 0) is 6.42 Å². The van der Waals surface area contributed by atoms with Crippen LogP contribution in [0.2, 0.25) is 0 Å². The van der Waals surface area contributed by atoms with Crippen LogP contribution in [0, 0.1) is 0 Å². The molecule has 0 unspecified atom stereocenters. The molecular formula is C14H15NOS. The van der Waals surface area contributed by atoms with E-state index in [9.17, 15) is 0 Å². The summed E-state index contributed by atoms with van der Waals surface area (Å²) in [5, 5.41) is 11.7. The van der Waals surface area contributed by atoms with Gasteiger partial charge in [0.2, 0.25) is 0 Å². The van der Waals surface area contributed by atoms with E-state index in [4.69, 9.17) is 5.11 Å². The van der Waals surface area contributed by atoms with Crippen molar-refractivity contribution in [1.82, 2.24) is 0 Å². The summed E-state index contributed by atoms with van der Waals surface area (Å²) in [5.74, 6) is 0. The second-order valence-electron chi connectivity index (χ2n) is 4.23. The van der Waals surface area contributed by atoms with Gasteiger partial charge in [-0.3, -0.25) is 0 Å². The van der Waals surface area contributed by atoms with E-state index >= 15 is 0 Å². The van der Waals surface area contributed by atoms with E-state index < -0.39 is 0 Å². The monoisotopic (exact) mass is 245 g/mol. The van der Waals surface area contributed by atoms with Crippen LogP contribution in [0.3, 0.4) is 0 Å². The number of nitrogens with zero attached hydrogens (tertiary/aromatic N) is 1. The lowest BCUT2D eigenvalue weighted by Gasteiger charge is -2.14. The molecule has 1 heterocycles. The molecule has 0 saturated heterocycles. The third-order valence-electron chi connectivity index (χ3n) is 3.14. The zero-order chi connectivity index (χ0) is 11.8. The first-order valence-corrected chi connectivity index (χ1v) is 6.73. The lowest BCUT2D eigenvalue weighted by molar-refractivity contribution is 0.299. The molecule has 3 rings (SSSR count). The van der Waals surface area contributed by atoms with E-state index in [0.717, 1.165) is 13.0 Å². The second-order valence-corrected chi connectivity index (χ2v) is 5.29. The van der Waals surface area contributed by atoms with E-state index in [2.05, 4.69) is 41.6 Å². The molecule has 2 aromatic carbocycles. The highest BCUT2D eigenvalue weighted by Crippen LogP contribution is 2.46. The zero-order valence-electron chi connectivity index (χ0n) is 9.81. The molecule has 1 aliphatic rings. The van der Waals surface area contributed by atoms with Gasteiger partial charge in [-0.2, -0.15) is 0 Å². The lowest BCUT2D eigenvalue weighted by atomic mass is 10.0. The number of hydrogen-bond acceptors (Lipinski definition) is 3. The Morgan fingerprint density at radius 2 is 2.18 bits per heavy atom. The summed E-state index contributed by atoms with van der Waals surface area (Å²) >= 11 is 1.81. The van der Waals surface area contributed by atoms with Gasteiger partial charge in [-0.1, -0.05) is 18.2 Å². The molecule has 0 radical (unpaired) electrons. The molecule has 0 atom stereocenters. The van der Waals surface area contributed by atoms with Crippen LogP contribution in [0.4, 0.5) is 5.69 Å². The highest BCUT2D eigenvalue weighted by atomic mass is 32.2. The van der Waals surface area contributed by atoms with Crippen LogP contribution < -0.4 is 4.31 Å². The van der Waals surface area contributed by atoms with Crippen molar-refractivity contribution in [2.24, 2.45) is 0 Å². The number of rotatable bonds is 3. The predicted octanol–water partition coefficient (Wildman–Crippen LogP) is 3.22. The maximum Gasteiger partial charge on any atom is 0.0563 e. The molecule has 0 fully saturated rings. The minimum absolute atomic E-state index is 0.215. The van der Waals surface area contributed by atoms with Gasteiger partial charge < -0.3 is 9.41 Å². The number of aliphatic hydroxyl groups is 1. The smallest absolute Gasteiger partial charge is 0.0563 e. The molecule has 0 aromatic heterocycles. The Morgan fingerprint density at radius 1 is 1.29 bits per heavy atom. The molecule has 1 N–H and O–H groups in total. The summed E-state index contributed by atoms with van der Waals surface area (Å²) < 4.78 is 2.32. The van der Waals surface area contributed by atoms with Gasteiger partial charge in [0.25, 0.3) is 0 Å². The van der Waals surface area contributed by atoms with E-state index in [1.54, 1.807) is 11.9 Å². The molecule has 0 bridgehead atoms. The Labute approximate surface area is 105 Å². The van der Waals surface area contributed by atoms with Crippen LogP contribution in [0.25, 0.3) is 10.8 Å². The maximum atomic E-state index is 9.05. The molecule has 0 aliphatic carbocycles. The first kappa shape index (κ1) is 10.9. The molecule has 0 amide bonds. The van der Waals surface area contributed by atoms with Crippen LogP contribution in [0.1, 0.15) is 12.5 Å². The average Bonchev–Trinajstić information content (AvgIpc) is 2.70. The third kappa shape index (κ3) is 1.70. The summed E-state index contributed by atoms with van der Waals surface area (Å²) in [6.45, 7) is 3.40. The van der Waals surface area contributed by atoms with Gasteiger partial charge in [-0.25, -0.2) is 0 Å². The van der Waals surface area contributed by atoms with Crippen molar-refractivity contribution >= 4 is 28.4 Å². The van der Waals surface area contributed by atoms with Crippen molar-refractivity contribution in [2.45, 2.75) is 18.2 Å². The topological polar surface area (TPSA) is 23.5 Å². The Balaban J connectivity index is 2.21. The summed E-state index contributed by atoms with van der Waals surface area (Å²) in [6.07, 6.45) is 0.736. The number of anilines is 1. The van der Waals surface area contributed by atoms with Gasteiger partial charge in [0.1, 0.15) is 0 Å². The normalized spacial score (nSPS) is 13.6.